The van der Waals surface area contributed by atoms with Crippen molar-refractivity contribution in [1.82, 2.24) is 9.80 Å². The minimum Gasteiger partial charge on any atom is -0.453 e. The Kier molecular flexibility index (Phi) is 6.16. The molecule has 29 heavy (non-hydrogen) atoms. The van der Waals surface area contributed by atoms with E-state index < -0.39 is 0 Å². The lowest BCUT2D eigenvalue weighted by Gasteiger charge is -2.43. The number of carbonyl (C=O) groups is 1. The Morgan fingerprint density at radius 3 is 2.59 bits per heavy atom. The first kappa shape index (κ1) is 19.9. The Balaban J connectivity index is 1.32. The summed E-state index contributed by atoms with van der Waals surface area (Å²) in [6.07, 6.45) is 2.10. The Morgan fingerprint density at radius 2 is 1.86 bits per heavy atom. The first-order valence-corrected chi connectivity index (χ1v) is 10.3. The van der Waals surface area contributed by atoms with E-state index >= 15 is 0 Å². The lowest BCUT2D eigenvalue weighted by atomic mass is 10.0. The van der Waals surface area contributed by atoms with Gasteiger partial charge in [-0.1, -0.05) is 0 Å². The molecular formula is C22H28FN3O3. The highest BCUT2D eigenvalue weighted by atomic mass is 19.1. The molecule has 156 valence electrons. The van der Waals surface area contributed by atoms with E-state index in [4.69, 9.17) is 9.15 Å². The summed E-state index contributed by atoms with van der Waals surface area (Å²) in [6.45, 7) is 5.59. The highest BCUT2D eigenvalue weighted by Crippen LogP contribution is 2.23. The van der Waals surface area contributed by atoms with Crippen LogP contribution in [-0.4, -0.2) is 68.1 Å². The first-order chi connectivity index (χ1) is 14.1. The third-order valence-corrected chi connectivity index (χ3v) is 5.87. The molecule has 2 fully saturated rings. The van der Waals surface area contributed by atoms with Gasteiger partial charge in [-0.15, -0.1) is 0 Å². The maximum absolute atomic E-state index is 13.2. The normalized spacial score (nSPS) is 20.8. The second-order valence-electron chi connectivity index (χ2n) is 7.75. The van der Waals surface area contributed by atoms with Crippen LogP contribution in [0.3, 0.4) is 0 Å². The van der Waals surface area contributed by atoms with Crippen LogP contribution in [0.1, 0.15) is 29.2 Å². The zero-order chi connectivity index (χ0) is 20.2. The molecule has 2 aromatic rings. The molecule has 6 nitrogen and oxygen atoms in total. The van der Waals surface area contributed by atoms with E-state index in [2.05, 4.69) is 9.80 Å². The molecule has 2 aliphatic rings. The monoisotopic (exact) mass is 401 g/mol. The van der Waals surface area contributed by atoms with Crippen molar-refractivity contribution in [2.75, 3.05) is 51.3 Å². The van der Waals surface area contributed by atoms with Crippen LogP contribution >= 0.6 is 0 Å². The van der Waals surface area contributed by atoms with Gasteiger partial charge in [0.1, 0.15) is 18.2 Å². The second kappa shape index (κ2) is 8.97. The largest absolute Gasteiger partial charge is 0.453 e. The molecule has 7 heteroatoms. The summed E-state index contributed by atoms with van der Waals surface area (Å²) < 4.78 is 23.8. The van der Waals surface area contributed by atoms with Crippen LogP contribution < -0.4 is 4.90 Å². The molecule has 1 atom stereocenters. The molecule has 0 aliphatic carbocycles. The second-order valence-corrected chi connectivity index (χ2v) is 7.75. The molecule has 2 aliphatic heterocycles. The van der Waals surface area contributed by atoms with E-state index in [0.29, 0.717) is 24.2 Å². The van der Waals surface area contributed by atoms with Gasteiger partial charge in [0.2, 0.25) is 0 Å². The predicted molar refractivity (Wildman–Crippen MR) is 109 cm³/mol. The van der Waals surface area contributed by atoms with Crippen molar-refractivity contribution < 1.29 is 18.3 Å². The maximum atomic E-state index is 13.2. The number of likely N-dealkylation sites (tertiary alicyclic amines) is 1. The Hall–Kier alpha value is -2.38. The van der Waals surface area contributed by atoms with Crippen LogP contribution in [0.15, 0.2) is 40.8 Å². The number of furan rings is 1. The number of anilines is 1. The van der Waals surface area contributed by atoms with E-state index in [-0.39, 0.29) is 11.7 Å². The lowest BCUT2D eigenvalue weighted by molar-refractivity contribution is 0.0530. The summed E-state index contributed by atoms with van der Waals surface area (Å²) in [7, 11) is 1.61. The number of rotatable bonds is 5. The van der Waals surface area contributed by atoms with Crippen LogP contribution in [0.4, 0.5) is 10.1 Å². The summed E-state index contributed by atoms with van der Waals surface area (Å²) in [4.78, 5) is 19.5. The maximum Gasteiger partial charge on any atom is 0.289 e. The Labute approximate surface area is 170 Å². The van der Waals surface area contributed by atoms with Crippen LogP contribution in [-0.2, 0) is 11.3 Å². The predicted octanol–water partition coefficient (Wildman–Crippen LogP) is 2.99. The molecule has 0 N–H and O–H groups in total. The van der Waals surface area contributed by atoms with Crippen molar-refractivity contribution in [3.8, 4) is 0 Å². The molecule has 2 saturated heterocycles. The zero-order valence-corrected chi connectivity index (χ0v) is 16.8. The summed E-state index contributed by atoms with van der Waals surface area (Å²) in [5.74, 6) is 0.812. The molecule has 0 unspecified atom stereocenters. The van der Waals surface area contributed by atoms with E-state index in [1.54, 1.807) is 19.2 Å². The van der Waals surface area contributed by atoms with Gasteiger partial charge in [0.05, 0.1) is 0 Å². The minimum atomic E-state index is -0.203. The number of nitrogens with zero attached hydrogens (tertiary/aromatic N) is 3. The van der Waals surface area contributed by atoms with Crippen molar-refractivity contribution in [2.45, 2.75) is 25.5 Å². The summed E-state index contributed by atoms with van der Waals surface area (Å²) in [5, 5.41) is 0. The van der Waals surface area contributed by atoms with Crippen molar-refractivity contribution in [2.24, 2.45) is 0 Å². The van der Waals surface area contributed by atoms with E-state index in [1.807, 2.05) is 17.0 Å². The van der Waals surface area contributed by atoms with E-state index in [0.717, 1.165) is 57.8 Å². The van der Waals surface area contributed by atoms with Crippen molar-refractivity contribution in [3.63, 3.8) is 0 Å². The fourth-order valence-corrected chi connectivity index (χ4v) is 4.30. The van der Waals surface area contributed by atoms with E-state index in [1.165, 1.54) is 12.1 Å². The topological polar surface area (TPSA) is 49.2 Å². The van der Waals surface area contributed by atoms with Crippen LogP contribution in [0.5, 0.6) is 0 Å². The number of carbonyl (C=O) groups excluding carboxylic acids is 1. The molecule has 0 bridgehead atoms. The highest BCUT2D eigenvalue weighted by Gasteiger charge is 2.31. The SMILES string of the molecule is COCc1ccc(C(=O)N2CCC[C@@H](N3CCN(c4ccc(F)cc4)CC3)C2)o1. The van der Waals surface area contributed by atoms with Gasteiger partial charge in [-0.3, -0.25) is 9.69 Å². The lowest BCUT2D eigenvalue weighted by Crippen LogP contribution is -2.55. The number of methoxy groups -OCH3 is 1. The van der Waals surface area contributed by atoms with Gasteiger partial charge in [0.25, 0.3) is 5.91 Å². The molecule has 0 saturated carbocycles. The summed E-state index contributed by atoms with van der Waals surface area (Å²) >= 11 is 0. The molecule has 0 spiro atoms. The van der Waals surface area contributed by atoms with Gasteiger partial charge < -0.3 is 19.0 Å². The summed E-state index contributed by atoms with van der Waals surface area (Å²) in [6, 6.07) is 10.6. The number of halogens is 1. The van der Waals surface area contributed by atoms with Gasteiger partial charge in [0, 0.05) is 58.1 Å². The van der Waals surface area contributed by atoms with Crippen LogP contribution in [0, 0.1) is 5.82 Å². The quantitative estimate of drug-likeness (QED) is 0.771. The number of hydrogen-bond donors (Lipinski definition) is 0. The molecule has 1 amide bonds. The molecule has 4 rings (SSSR count). The number of piperidine rings is 1. The third-order valence-electron chi connectivity index (χ3n) is 5.87. The van der Waals surface area contributed by atoms with Crippen molar-refractivity contribution >= 4 is 11.6 Å². The summed E-state index contributed by atoms with van der Waals surface area (Å²) in [5.41, 5.74) is 1.07. The molecule has 1 aromatic carbocycles. The average molecular weight is 401 g/mol. The smallest absolute Gasteiger partial charge is 0.289 e. The van der Waals surface area contributed by atoms with Gasteiger partial charge in [-0.05, 0) is 49.2 Å². The third kappa shape index (κ3) is 4.62. The van der Waals surface area contributed by atoms with Gasteiger partial charge in [-0.2, -0.15) is 0 Å². The fraction of sp³-hybridized carbons (Fsp3) is 0.500. The molecular weight excluding hydrogens is 373 g/mol. The number of benzene rings is 1. The highest BCUT2D eigenvalue weighted by molar-refractivity contribution is 5.91. The Morgan fingerprint density at radius 1 is 1.10 bits per heavy atom. The first-order valence-electron chi connectivity index (χ1n) is 10.3. The number of piperazine rings is 1. The number of ether oxygens (including phenoxy) is 1. The van der Waals surface area contributed by atoms with E-state index in [9.17, 15) is 9.18 Å². The zero-order valence-electron chi connectivity index (χ0n) is 16.8. The van der Waals surface area contributed by atoms with Gasteiger partial charge in [0.15, 0.2) is 5.76 Å². The van der Waals surface area contributed by atoms with Gasteiger partial charge >= 0.3 is 0 Å². The van der Waals surface area contributed by atoms with Crippen LogP contribution in [0.2, 0.25) is 0 Å². The van der Waals surface area contributed by atoms with Gasteiger partial charge in [-0.25, -0.2) is 4.39 Å². The van der Waals surface area contributed by atoms with Crippen molar-refractivity contribution in [3.05, 3.63) is 53.7 Å². The molecule has 1 aromatic heterocycles. The Bertz CT molecular complexity index is 815. The number of amides is 1. The fourth-order valence-electron chi connectivity index (χ4n) is 4.30. The van der Waals surface area contributed by atoms with Crippen LogP contribution in [0.25, 0.3) is 0 Å². The molecule has 0 radical (unpaired) electrons. The molecule has 3 heterocycles. The minimum absolute atomic E-state index is 0.0398. The standard InChI is InChI=1S/C22H28FN3O3/c1-28-16-20-8-9-21(29-20)22(27)26-10-2-3-19(15-26)25-13-11-24(12-14-25)18-6-4-17(23)5-7-18/h4-9,19H,2-3,10-16H2,1H3/t19-/m1/s1. The van der Waals surface area contributed by atoms with Crippen molar-refractivity contribution in [1.29, 1.82) is 0 Å². The average Bonchev–Trinajstić information content (AvgIpc) is 3.23. The number of hydrogen-bond acceptors (Lipinski definition) is 5.